The van der Waals surface area contributed by atoms with E-state index in [0.717, 1.165) is 64.7 Å². The number of likely N-dealkylation sites (N-methyl/N-ethyl adjacent to an activating group) is 1. The highest BCUT2D eigenvalue weighted by atomic mass is 16.5. The van der Waals surface area contributed by atoms with Crippen LogP contribution < -0.4 is 0 Å². The minimum Gasteiger partial charge on any atom is -0.461 e. The number of carbonyl (C=O) groups excluding carboxylic acids is 2. The van der Waals surface area contributed by atoms with Gasteiger partial charge in [0.05, 0.1) is 0 Å². The molecule has 0 aliphatic carbocycles. The fourth-order valence-electron chi connectivity index (χ4n) is 5.83. The second-order valence-electron chi connectivity index (χ2n) is 14.1. The molecule has 0 rings (SSSR count). The Bertz CT molecular complexity index is 696. The highest BCUT2D eigenvalue weighted by Crippen LogP contribution is 2.11. The SMILES string of the molecule is CCCCCCCCC=CCOC(=O)CCCCCCCN(CCCCCCCC(=O)OCC=CCCCCCCCC)CCN(C)C. The fourth-order valence-corrected chi connectivity index (χ4v) is 5.83. The van der Waals surface area contributed by atoms with Crippen molar-refractivity contribution < 1.29 is 19.1 Å². The highest BCUT2D eigenvalue weighted by molar-refractivity contribution is 5.69. The van der Waals surface area contributed by atoms with Crippen LogP contribution in [0.1, 0.15) is 181 Å². The molecule has 0 radical (unpaired) electrons. The van der Waals surface area contributed by atoms with Crippen molar-refractivity contribution in [2.75, 3.05) is 53.5 Å². The maximum absolute atomic E-state index is 12.0. The predicted octanol–water partition coefficient (Wildman–Crippen LogP) is 11.2. The molecule has 0 N–H and O–H groups in total. The van der Waals surface area contributed by atoms with Crippen molar-refractivity contribution in [2.45, 2.75) is 181 Å². The summed E-state index contributed by atoms with van der Waals surface area (Å²) in [5, 5.41) is 0. The van der Waals surface area contributed by atoms with Crippen LogP contribution in [0.15, 0.2) is 24.3 Å². The number of hydrogen-bond donors (Lipinski definition) is 0. The molecule has 0 aromatic carbocycles. The molecular formula is C42H80N2O4. The molecule has 0 saturated carbocycles. The van der Waals surface area contributed by atoms with Crippen LogP contribution in [-0.4, -0.2) is 75.2 Å². The summed E-state index contributed by atoms with van der Waals surface area (Å²) >= 11 is 0. The molecular weight excluding hydrogens is 596 g/mol. The van der Waals surface area contributed by atoms with E-state index >= 15 is 0 Å². The van der Waals surface area contributed by atoms with Gasteiger partial charge in [-0.25, -0.2) is 0 Å². The third-order valence-electron chi connectivity index (χ3n) is 9.04. The molecule has 0 bridgehead atoms. The van der Waals surface area contributed by atoms with Crippen molar-refractivity contribution in [1.29, 1.82) is 0 Å². The Kier molecular flexibility index (Phi) is 36.8. The Balaban J connectivity index is 3.78. The van der Waals surface area contributed by atoms with Crippen molar-refractivity contribution in [1.82, 2.24) is 9.80 Å². The minimum atomic E-state index is -0.0595. The van der Waals surface area contributed by atoms with Gasteiger partial charge in [0.1, 0.15) is 13.2 Å². The van der Waals surface area contributed by atoms with Gasteiger partial charge in [-0.1, -0.05) is 141 Å². The van der Waals surface area contributed by atoms with E-state index < -0.39 is 0 Å². The summed E-state index contributed by atoms with van der Waals surface area (Å²) in [5.41, 5.74) is 0. The molecule has 6 heteroatoms. The van der Waals surface area contributed by atoms with Gasteiger partial charge in [0.2, 0.25) is 0 Å². The third kappa shape index (κ3) is 37.2. The fraction of sp³-hybridized carbons (Fsp3) is 0.857. The molecule has 6 nitrogen and oxygen atoms in total. The van der Waals surface area contributed by atoms with Gasteiger partial charge >= 0.3 is 11.9 Å². The first-order valence-electron chi connectivity index (χ1n) is 20.5. The predicted molar refractivity (Wildman–Crippen MR) is 207 cm³/mol. The first-order chi connectivity index (χ1) is 23.5. The van der Waals surface area contributed by atoms with Gasteiger partial charge in [0.25, 0.3) is 0 Å². The van der Waals surface area contributed by atoms with Crippen molar-refractivity contribution in [3.8, 4) is 0 Å². The molecule has 0 aliphatic rings. The van der Waals surface area contributed by atoms with Crippen LogP contribution in [0.5, 0.6) is 0 Å². The molecule has 0 saturated heterocycles. The van der Waals surface area contributed by atoms with E-state index in [2.05, 4.69) is 49.9 Å². The van der Waals surface area contributed by atoms with Gasteiger partial charge in [-0.15, -0.1) is 0 Å². The number of esters is 2. The maximum Gasteiger partial charge on any atom is 0.306 e. The highest BCUT2D eigenvalue weighted by Gasteiger charge is 2.07. The van der Waals surface area contributed by atoms with Crippen LogP contribution in [0.2, 0.25) is 0 Å². The number of carbonyl (C=O) groups is 2. The van der Waals surface area contributed by atoms with Gasteiger partial charge in [0, 0.05) is 25.9 Å². The normalized spacial score (nSPS) is 11.9. The first-order valence-corrected chi connectivity index (χ1v) is 20.5. The van der Waals surface area contributed by atoms with Gasteiger partial charge in [-0.05, 0) is 78.6 Å². The Labute approximate surface area is 298 Å². The molecule has 0 amide bonds. The Hall–Kier alpha value is -1.66. The lowest BCUT2D eigenvalue weighted by molar-refractivity contribution is -0.143. The summed E-state index contributed by atoms with van der Waals surface area (Å²) < 4.78 is 10.7. The molecule has 0 heterocycles. The van der Waals surface area contributed by atoms with Gasteiger partial charge < -0.3 is 19.3 Å². The minimum absolute atomic E-state index is 0.0595. The van der Waals surface area contributed by atoms with E-state index in [1.54, 1.807) is 0 Å². The van der Waals surface area contributed by atoms with Crippen molar-refractivity contribution in [3.05, 3.63) is 24.3 Å². The maximum atomic E-state index is 12.0. The van der Waals surface area contributed by atoms with E-state index in [-0.39, 0.29) is 11.9 Å². The number of hydrogen-bond acceptors (Lipinski definition) is 6. The summed E-state index contributed by atoms with van der Waals surface area (Å²) in [6.45, 7) is 9.85. The van der Waals surface area contributed by atoms with Crippen molar-refractivity contribution >= 4 is 11.9 Å². The number of rotatable bonds is 37. The smallest absolute Gasteiger partial charge is 0.306 e. The molecule has 0 fully saturated rings. The lowest BCUT2D eigenvalue weighted by atomic mass is 10.1. The van der Waals surface area contributed by atoms with E-state index in [4.69, 9.17) is 9.47 Å². The monoisotopic (exact) mass is 677 g/mol. The zero-order chi connectivity index (χ0) is 35.2. The second-order valence-corrected chi connectivity index (χ2v) is 14.1. The molecule has 0 aromatic rings. The van der Waals surface area contributed by atoms with Gasteiger partial charge in [-0.2, -0.15) is 0 Å². The average Bonchev–Trinajstić information content (AvgIpc) is 3.07. The lowest BCUT2D eigenvalue weighted by Crippen LogP contribution is -2.33. The van der Waals surface area contributed by atoms with Gasteiger partial charge in [0.15, 0.2) is 0 Å². The molecule has 0 unspecified atom stereocenters. The van der Waals surface area contributed by atoms with Crippen LogP contribution >= 0.6 is 0 Å². The third-order valence-corrected chi connectivity index (χ3v) is 9.04. The average molecular weight is 677 g/mol. The number of unbranched alkanes of at least 4 members (excludes halogenated alkanes) is 20. The zero-order valence-corrected chi connectivity index (χ0v) is 32.5. The Morgan fingerprint density at radius 3 is 1.23 bits per heavy atom. The second kappa shape index (κ2) is 38.1. The number of allylic oxidation sites excluding steroid dienone is 2. The summed E-state index contributed by atoms with van der Waals surface area (Å²) in [5.74, 6) is -0.119. The van der Waals surface area contributed by atoms with Crippen molar-refractivity contribution in [3.63, 3.8) is 0 Å². The summed E-state index contributed by atoms with van der Waals surface area (Å²) in [6, 6.07) is 0. The molecule has 48 heavy (non-hydrogen) atoms. The quantitative estimate of drug-likeness (QED) is 0.0371. The van der Waals surface area contributed by atoms with Crippen LogP contribution in [0.25, 0.3) is 0 Å². The number of nitrogens with zero attached hydrogens (tertiary/aromatic N) is 2. The van der Waals surface area contributed by atoms with E-state index in [1.807, 2.05) is 12.2 Å². The summed E-state index contributed by atoms with van der Waals surface area (Å²) in [4.78, 5) is 28.9. The van der Waals surface area contributed by atoms with Crippen LogP contribution in [0.4, 0.5) is 0 Å². The lowest BCUT2D eigenvalue weighted by Gasteiger charge is -2.24. The summed E-state index contributed by atoms with van der Waals surface area (Å²) in [7, 11) is 4.29. The first kappa shape index (κ1) is 46.3. The summed E-state index contributed by atoms with van der Waals surface area (Å²) in [6.07, 6.45) is 38.7. The Morgan fingerprint density at radius 2 is 0.812 bits per heavy atom. The molecule has 282 valence electrons. The molecule has 0 spiro atoms. The van der Waals surface area contributed by atoms with E-state index in [0.29, 0.717) is 26.1 Å². The largest absolute Gasteiger partial charge is 0.461 e. The molecule has 0 atom stereocenters. The topological polar surface area (TPSA) is 59.1 Å². The van der Waals surface area contributed by atoms with Gasteiger partial charge in [-0.3, -0.25) is 9.59 Å². The van der Waals surface area contributed by atoms with Crippen molar-refractivity contribution in [2.24, 2.45) is 0 Å². The Morgan fingerprint density at radius 1 is 0.438 bits per heavy atom. The van der Waals surface area contributed by atoms with E-state index in [9.17, 15) is 9.59 Å². The van der Waals surface area contributed by atoms with E-state index in [1.165, 1.54) is 116 Å². The molecule has 0 aliphatic heterocycles. The van der Waals surface area contributed by atoms with Crippen LogP contribution in [0.3, 0.4) is 0 Å². The zero-order valence-electron chi connectivity index (χ0n) is 32.5. The van der Waals surface area contributed by atoms with Crippen LogP contribution in [0, 0.1) is 0 Å². The van der Waals surface area contributed by atoms with Crippen LogP contribution in [-0.2, 0) is 19.1 Å². The molecule has 0 aromatic heterocycles. The number of ether oxygens (including phenoxy) is 2. The standard InChI is InChI=1S/C42H80N2O4/c1-5-7-9-11-13-15-17-25-31-39-47-41(45)33-27-21-19-23-29-35-44(38-37-43(3)4)36-30-24-20-22-28-34-42(46)48-40-32-26-18-16-14-12-10-8-6-2/h25-26,31-32H,5-24,27-30,33-40H2,1-4H3.